The van der Waals surface area contributed by atoms with Gasteiger partial charge < -0.3 is 10.4 Å². The van der Waals surface area contributed by atoms with Crippen LogP contribution in [0.5, 0.6) is 0 Å². The first-order valence-corrected chi connectivity index (χ1v) is 6.92. The molecular weight excluding hydrogens is 244 g/mol. The van der Waals surface area contributed by atoms with Gasteiger partial charge in [0, 0.05) is 23.6 Å². The number of anilines is 1. The third-order valence-corrected chi connectivity index (χ3v) is 3.10. The van der Waals surface area contributed by atoms with E-state index in [1.807, 2.05) is 18.2 Å². The van der Waals surface area contributed by atoms with Crippen LogP contribution in [-0.2, 0) is 0 Å². The Bertz CT molecular complexity index is 454. The van der Waals surface area contributed by atoms with Crippen molar-refractivity contribution in [2.75, 3.05) is 18.5 Å². The van der Waals surface area contributed by atoms with Gasteiger partial charge in [0.15, 0.2) is 5.13 Å². The Morgan fingerprint density at radius 2 is 1.83 bits per heavy atom. The predicted octanol–water partition coefficient (Wildman–Crippen LogP) is 3.55. The Balaban J connectivity index is 0.000000492. The number of hydrogen-bond acceptors (Lipinski definition) is 4. The van der Waals surface area contributed by atoms with Crippen molar-refractivity contribution < 1.29 is 5.11 Å². The first-order valence-electron chi connectivity index (χ1n) is 6.10. The van der Waals surface area contributed by atoms with Crippen molar-refractivity contribution in [1.82, 2.24) is 4.98 Å². The van der Waals surface area contributed by atoms with Gasteiger partial charge in [-0.25, -0.2) is 4.98 Å². The van der Waals surface area contributed by atoms with Crippen molar-refractivity contribution in [2.24, 2.45) is 0 Å². The molecule has 98 valence electrons. The number of nitrogens with one attached hydrogen (secondary N) is 1. The summed E-state index contributed by atoms with van der Waals surface area (Å²) in [7, 11) is 0. The predicted molar refractivity (Wildman–Crippen MR) is 79.2 cm³/mol. The summed E-state index contributed by atoms with van der Waals surface area (Å²) in [6.07, 6.45) is 0. The number of nitrogens with zero attached hydrogens (tertiary/aromatic N) is 1. The Hall–Kier alpha value is -1.39. The molecule has 1 aromatic heterocycles. The van der Waals surface area contributed by atoms with Crippen molar-refractivity contribution in [3.63, 3.8) is 0 Å². The molecule has 1 heterocycles. The van der Waals surface area contributed by atoms with E-state index in [1.54, 1.807) is 18.3 Å². The molecule has 18 heavy (non-hydrogen) atoms. The number of benzene rings is 1. The van der Waals surface area contributed by atoms with E-state index in [4.69, 9.17) is 5.11 Å². The topological polar surface area (TPSA) is 45.2 Å². The largest absolute Gasteiger partial charge is 0.397 e. The van der Waals surface area contributed by atoms with Crippen LogP contribution in [0.2, 0.25) is 0 Å². The Kier molecular flexibility index (Phi) is 6.39. The first-order chi connectivity index (χ1) is 8.72. The van der Waals surface area contributed by atoms with Gasteiger partial charge in [-0.2, -0.15) is 0 Å². The lowest BCUT2D eigenvalue weighted by atomic mass is 10.1. The summed E-state index contributed by atoms with van der Waals surface area (Å²) in [5, 5.41) is 11.8. The van der Waals surface area contributed by atoms with Crippen LogP contribution >= 0.6 is 11.3 Å². The minimum atomic E-state index is 0.250. The van der Waals surface area contributed by atoms with Crippen LogP contribution in [0.1, 0.15) is 18.7 Å². The van der Waals surface area contributed by atoms with Gasteiger partial charge >= 0.3 is 0 Å². The SMILES string of the molecule is CCNc1nc(-c2ccccc2)c(C)s1.CCO. The van der Waals surface area contributed by atoms with Gasteiger partial charge in [-0.3, -0.25) is 0 Å². The number of rotatable bonds is 3. The summed E-state index contributed by atoms with van der Waals surface area (Å²) in [5.41, 5.74) is 2.28. The zero-order valence-corrected chi connectivity index (χ0v) is 11.9. The summed E-state index contributed by atoms with van der Waals surface area (Å²) in [6, 6.07) is 10.3. The van der Waals surface area contributed by atoms with Crippen LogP contribution in [0, 0.1) is 6.92 Å². The Morgan fingerprint density at radius 1 is 1.22 bits per heavy atom. The number of aromatic nitrogens is 1. The van der Waals surface area contributed by atoms with Gasteiger partial charge in [0.05, 0.1) is 5.69 Å². The molecule has 0 radical (unpaired) electrons. The number of hydrogen-bond donors (Lipinski definition) is 2. The third-order valence-electron chi connectivity index (χ3n) is 2.17. The van der Waals surface area contributed by atoms with Crippen LogP contribution in [0.3, 0.4) is 0 Å². The second-order valence-corrected chi connectivity index (χ2v) is 4.84. The van der Waals surface area contributed by atoms with Crippen molar-refractivity contribution in [2.45, 2.75) is 20.8 Å². The van der Waals surface area contributed by atoms with Crippen LogP contribution in [-0.4, -0.2) is 23.2 Å². The van der Waals surface area contributed by atoms with Gasteiger partial charge in [0.2, 0.25) is 0 Å². The molecule has 2 aromatic rings. The molecule has 4 heteroatoms. The second kappa shape index (κ2) is 7.84. The van der Waals surface area contributed by atoms with E-state index >= 15 is 0 Å². The van der Waals surface area contributed by atoms with Gasteiger partial charge in [-0.1, -0.05) is 30.3 Å². The van der Waals surface area contributed by atoms with E-state index in [-0.39, 0.29) is 6.61 Å². The Labute approximate surface area is 113 Å². The summed E-state index contributed by atoms with van der Waals surface area (Å²) in [4.78, 5) is 5.84. The van der Waals surface area contributed by atoms with Crippen molar-refractivity contribution >= 4 is 16.5 Å². The molecule has 0 aliphatic heterocycles. The molecule has 0 bridgehead atoms. The maximum atomic E-state index is 7.57. The third kappa shape index (κ3) is 4.13. The highest BCUT2D eigenvalue weighted by molar-refractivity contribution is 7.16. The molecule has 0 aliphatic carbocycles. The highest BCUT2D eigenvalue weighted by Gasteiger charge is 2.08. The Morgan fingerprint density at radius 3 is 2.39 bits per heavy atom. The highest BCUT2D eigenvalue weighted by atomic mass is 32.1. The van der Waals surface area contributed by atoms with Gasteiger partial charge in [-0.15, -0.1) is 11.3 Å². The molecule has 0 aliphatic rings. The molecule has 0 spiro atoms. The smallest absolute Gasteiger partial charge is 0.183 e. The molecule has 0 saturated carbocycles. The first kappa shape index (κ1) is 14.7. The van der Waals surface area contributed by atoms with E-state index in [1.165, 1.54) is 10.4 Å². The summed E-state index contributed by atoms with van der Waals surface area (Å²) in [6.45, 7) is 7.04. The molecular formula is C14H20N2OS. The molecule has 0 fully saturated rings. The average molecular weight is 264 g/mol. The molecule has 0 atom stereocenters. The quantitative estimate of drug-likeness (QED) is 0.891. The summed E-state index contributed by atoms with van der Waals surface area (Å²) >= 11 is 1.71. The summed E-state index contributed by atoms with van der Waals surface area (Å²) in [5.74, 6) is 0. The molecule has 2 N–H and O–H groups in total. The molecule has 0 saturated heterocycles. The van der Waals surface area contributed by atoms with Crippen LogP contribution < -0.4 is 5.32 Å². The van der Waals surface area contributed by atoms with Gasteiger partial charge in [0.1, 0.15) is 0 Å². The lowest BCUT2D eigenvalue weighted by Gasteiger charge is -1.97. The zero-order valence-electron chi connectivity index (χ0n) is 11.1. The molecule has 0 amide bonds. The van der Waals surface area contributed by atoms with Crippen molar-refractivity contribution in [1.29, 1.82) is 0 Å². The highest BCUT2D eigenvalue weighted by Crippen LogP contribution is 2.29. The van der Waals surface area contributed by atoms with E-state index in [9.17, 15) is 0 Å². The van der Waals surface area contributed by atoms with E-state index in [0.29, 0.717) is 0 Å². The molecule has 3 nitrogen and oxygen atoms in total. The maximum absolute atomic E-state index is 7.57. The minimum absolute atomic E-state index is 0.250. The molecule has 0 unspecified atom stereocenters. The van der Waals surface area contributed by atoms with Crippen LogP contribution in [0.4, 0.5) is 5.13 Å². The van der Waals surface area contributed by atoms with Crippen molar-refractivity contribution in [3.8, 4) is 11.3 Å². The van der Waals surface area contributed by atoms with E-state index < -0.39 is 0 Å². The van der Waals surface area contributed by atoms with Crippen LogP contribution in [0.15, 0.2) is 30.3 Å². The summed E-state index contributed by atoms with van der Waals surface area (Å²) < 4.78 is 0. The normalized spacial score (nSPS) is 9.56. The van der Waals surface area contributed by atoms with E-state index in [0.717, 1.165) is 17.4 Å². The lowest BCUT2D eigenvalue weighted by molar-refractivity contribution is 0.318. The molecule has 1 aromatic carbocycles. The number of aliphatic hydroxyl groups excluding tert-OH is 1. The standard InChI is InChI=1S/C12H14N2S.C2H6O/c1-3-13-12-14-11(9(2)15-12)10-7-5-4-6-8-10;1-2-3/h4-8H,3H2,1-2H3,(H,13,14);3H,2H2,1H3. The van der Waals surface area contributed by atoms with Crippen LogP contribution in [0.25, 0.3) is 11.3 Å². The lowest BCUT2D eigenvalue weighted by Crippen LogP contribution is -1.94. The molecule has 2 rings (SSSR count). The fraction of sp³-hybridized carbons (Fsp3) is 0.357. The maximum Gasteiger partial charge on any atom is 0.183 e. The van der Waals surface area contributed by atoms with Gasteiger partial charge in [-0.05, 0) is 20.8 Å². The second-order valence-electron chi connectivity index (χ2n) is 3.64. The van der Waals surface area contributed by atoms with E-state index in [2.05, 4.69) is 36.3 Å². The number of thiazole rings is 1. The number of aryl methyl sites for hydroxylation is 1. The number of aliphatic hydroxyl groups is 1. The zero-order chi connectivity index (χ0) is 13.4. The average Bonchev–Trinajstić information content (AvgIpc) is 2.73. The monoisotopic (exact) mass is 264 g/mol. The minimum Gasteiger partial charge on any atom is -0.397 e. The van der Waals surface area contributed by atoms with Gasteiger partial charge in [0.25, 0.3) is 0 Å². The fourth-order valence-electron chi connectivity index (χ4n) is 1.49. The fourth-order valence-corrected chi connectivity index (χ4v) is 2.39. The van der Waals surface area contributed by atoms with Crippen molar-refractivity contribution in [3.05, 3.63) is 35.2 Å².